The van der Waals surface area contributed by atoms with Crippen molar-refractivity contribution < 1.29 is 9.53 Å². The number of aromatic amines is 1. The van der Waals surface area contributed by atoms with E-state index in [4.69, 9.17) is 16.3 Å². The topological polar surface area (TPSA) is 58.2 Å². The maximum Gasteiger partial charge on any atom is 0.261 e. The summed E-state index contributed by atoms with van der Waals surface area (Å²) in [5.41, 5.74) is 1.91. The maximum absolute atomic E-state index is 12.7. The first-order valence-corrected chi connectivity index (χ1v) is 9.61. The SMILES string of the molecule is O=C(COc1ccc(Cl)cc1Br)N1CCC[C@@H]1c1nc2ccccc2[nH]1. The van der Waals surface area contributed by atoms with E-state index in [0.717, 1.165) is 34.2 Å². The largest absolute Gasteiger partial charge is 0.483 e. The smallest absolute Gasteiger partial charge is 0.261 e. The van der Waals surface area contributed by atoms with E-state index in [2.05, 4.69) is 25.9 Å². The van der Waals surface area contributed by atoms with Crippen LogP contribution in [0, 0.1) is 0 Å². The Morgan fingerprint density at radius 3 is 3.00 bits per heavy atom. The van der Waals surface area contributed by atoms with Crippen molar-refractivity contribution in [1.29, 1.82) is 0 Å². The van der Waals surface area contributed by atoms with E-state index in [1.807, 2.05) is 29.2 Å². The molecule has 4 rings (SSSR count). The summed E-state index contributed by atoms with van der Waals surface area (Å²) in [5.74, 6) is 1.39. The lowest BCUT2D eigenvalue weighted by molar-refractivity contribution is -0.134. The summed E-state index contributed by atoms with van der Waals surface area (Å²) < 4.78 is 6.41. The third-order valence-corrected chi connectivity index (χ3v) is 5.40. The number of ether oxygens (including phenoxy) is 1. The van der Waals surface area contributed by atoms with Crippen molar-refractivity contribution in [3.8, 4) is 5.75 Å². The van der Waals surface area contributed by atoms with Crippen LogP contribution in [0.3, 0.4) is 0 Å². The number of H-pyrrole nitrogens is 1. The third kappa shape index (κ3) is 3.44. The van der Waals surface area contributed by atoms with E-state index in [0.29, 0.717) is 17.3 Å². The summed E-state index contributed by atoms with van der Waals surface area (Å²) in [5, 5.41) is 0.611. The Morgan fingerprint density at radius 1 is 1.35 bits per heavy atom. The highest BCUT2D eigenvalue weighted by Gasteiger charge is 2.32. The highest BCUT2D eigenvalue weighted by Crippen LogP contribution is 2.32. The average molecular weight is 435 g/mol. The molecule has 1 atom stereocenters. The Bertz CT molecular complexity index is 926. The van der Waals surface area contributed by atoms with Crippen LogP contribution in [0.15, 0.2) is 46.9 Å². The fourth-order valence-electron chi connectivity index (χ4n) is 3.29. The van der Waals surface area contributed by atoms with Crippen molar-refractivity contribution in [3.05, 3.63) is 57.8 Å². The minimum atomic E-state index is -0.0465. The zero-order valence-corrected chi connectivity index (χ0v) is 16.3. The van der Waals surface area contributed by atoms with Crippen LogP contribution in [0.4, 0.5) is 0 Å². The number of benzene rings is 2. The van der Waals surface area contributed by atoms with Gasteiger partial charge in [-0.1, -0.05) is 23.7 Å². The van der Waals surface area contributed by atoms with E-state index >= 15 is 0 Å². The van der Waals surface area contributed by atoms with Gasteiger partial charge in [-0.15, -0.1) is 0 Å². The number of aromatic nitrogens is 2. The van der Waals surface area contributed by atoms with Gasteiger partial charge in [-0.25, -0.2) is 4.98 Å². The highest BCUT2D eigenvalue weighted by atomic mass is 79.9. The van der Waals surface area contributed by atoms with Gasteiger partial charge in [0.05, 0.1) is 21.5 Å². The molecule has 1 fully saturated rings. The molecule has 0 aliphatic carbocycles. The number of fused-ring (bicyclic) bond motifs is 1. The van der Waals surface area contributed by atoms with Crippen molar-refractivity contribution in [3.63, 3.8) is 0 Å². The van der Waals surface area contributed by atoms with E-state index < -0.39 is 0 Å². The number of carbonyl (C=O) groups is 1. The molecule has 3 aromatic rings. The molecule has 0 unspecified atom stereocenters. The normalized spacial score (nSPS) is 17.0. The fraction of sp³-hybridized carbons (Fsp3) is 0.263. The molecular formula is C19H17BrClN3O2. The van der Waals surface area contributed by atoms with Crippen LogP contribution in [-0.4, -0.2) is 33.9 Å². The van der Waals surface area contributed by atoms with Crippen molar-refractivity contribution in [2.24, 2.45) is 0 Å². The van der Waals surface area contributed by atoms with Gasteiger partial charge < -0.3 is 14.6 Å². The molecule has 1 aliphatic rings. The Balaban J connectivity index is 1.48. The molecule has 7 heteroatoms. The number of nitrogens with zero attached hydrogens (tertiary/aromatic N) is 2. The molecule has 134 valence electrons. The van der Waals surface area contributed by atoms with E-state index in [-0.39, 0.29) is 18.6 Å². The summed E-state index contributed by atoms with van der Waals surface area (Å²) in [6.07, 6.45) is 1.86. The molecule has 0 saturated carbocycles. The number of para-hydroxylation sites is 2. The van der Waals surface area contributed by atoms with Crippen LogP contribution >= 0.6 is 27.5 Å². The van der Waals surface area contributed by atoms with Crippen LogP contribution in [0.2, 0.25) is 5.02 Å². The van der Waals surface area contributed by atoms with Crippen LogP contribution in [0.5, 0.6) is 5.75 Å². The molecule has 0 bridgehead atoms. The zero-order valence-electron chi connectivity index (χ0n) is 13.9. The molecule has 0 spiro atoms. The quantitative estimate of drug-likeness (QED) is 0.646. The van der Waals surface area contributed by atoms with Gasteiger partial charge in [-0.2, -0.15) is 0 Å². The molecule has 2 heterocycles. The molecular weight excluding hydrogens is 418 g/mol. The van der Waals surface area contributed by atoms with Gasteiger partial charge >= 0.3 is 0 Å². The molecule has 2 aromatic carbocycles. The Kier molecular flexibility index (Phi) is 4.87. The second-order valence-corrected chi connectivity index (χ2v) is 7.54. The zero-order chi connectivity index (χ0) is 18.1. The molecule has 1 saturated heterocycles. The second-order valence-electron chi connectivity index (χ2n) is 6.25. The van der Waals surface area contributed by atoms with Crippen molar-refractivity contribution in [2.45, 2.75) is 18.9 Å². The summed E-state index contributed by atoms with van der Waals surface area (Å²) in [4.78, 5) is 22.6. The molecule has 1 aliphatic heterocycles. The summed E-state index contributed by atoms with van der Waals surface area (Å²) in [6, 6.07) is 13.1. The fourth-order valence-corrected chi connectivity index (χ4v) is 4.09. The molecule has 1 N–H and O–H groups in total. The predicted octanol–water partition coefficient (Wildman–Crippen LogP) is 4.72. The standard InChI is InChI=1S/C19H17BrClN3O2/c20-13-10-12(21)7-8-17(13)26-11-18(25)24-9-3-6-16(24)19-22-14-4-1-2-5-15(14)23-19/h1-2,4-5,7-8,10,16H,3,6,9,11H2,(H,22,23)/t16-/m1/s1. The minimum Gasteiger partial charge on any atom is -0.483 e. The van der Waals surface area contributed by atoms with Crippen LogP contribution < -0.4 is 4.74 Å². The summed E-state index contributed by atoms with van der Waals surface area (Å²) in [7, 11) is 0. The monoisotopic (exact) mass is 433 g/mol. The van der Waals surface area contributed by atoms with Gasteiger partial charge in [0, 0.05) is 11.6 Å². The Morgan fingerprint density at radius 2 is 2.19 bits per heavy atom. The molecule has 0 radical (unpaired) electrons. The number of hydrogen-bond acceptors (Lipinski definition) is 3. The summed E-state index contributed by atoms with van der Waals surface area (Å²) in [6.45, 7) is 0.697. The first kappa shape index (κ1) is 17.4. The van der Waals surface area contributed by atoms with Gasteiger partial charge in [0.1, 0.15) is 11.6 Å². The van der Waals surface area contributed by atoms with Gasteiger partial charge in [0.15, 0.2) is 6.61 Å². The van der Waals surface area contributed by atoms with Crippen molar-refractivity contribution >= 4 is 44.5 Å². The number of rotatable bonds is 4. The van der Waals surface area contributed by atoms with Gasteiger partial charge in [-0.05, 0) is 59.1 Å². The summed E-state index contributed by atoms with van der Waals surface area (Å²) >= 11 is 9.33. The van der Waals surface area contributed by atoms with Crippen LogP contribution in [0.1, 0.15) is 24.7 Å². The molecule has 5 nitrogen and oxygen atoms in total. The van der Waals surface area contributed by atoms with Crippen LogP contribution in [0.25, 0.3) is 11.0 Å². The van der Waals surface area contributed by atoms with Crippen LogP contribution in [-0.2, 0) is 4.79 Å². The van der Waals surface area contributed by atoms with E-state index in [1.165, 1.54) is 0 Å². The number of nitrogens with one attached hydrogen (secondary N) is 1. The number of halogens is 2. The number of amides is 1. The Labute approximate surface area is 164 Å². The third-order valence-electron chi connectivity index (χ3n) is 4.54. The lowest BCUT2D eigenvalue weighted by Gasteiger charge is -2.23. The highest BCUT2D eigenvalue weighted by molar-refractivity contribution is 9.10. The van der Waals surface area contributed by atoms with Crippen molar-refractivity contribution in [2.75, 3.05) is 13.2 Å². The number of carbonyl (C=O) groups excluding carboxylic acids is 1. The first-order chi connectivity index (χ1) is 12.6. The molecule has 26 heavy (non-hydrogen) atoms. The lowest BCUT2D eigenvalue weighted by Crippen LogP contribution is -2.34. The molecule has 1 aromatic heterocycles. The Hall–Kier alpha value is -2.05. The van der Waals surface area contributed by atoms with Gasteiger partial charge in [-0.3, -0.25) is 4.79 Å². The number of hydrogen-bond donors (Lipinski definition) is 1. The average Bonchev–Trinajstić information content (AvgIpc) is 3.27. The second kappa shape index (κ2) is 7.29. The van der Waals surface area contributed by atoms with Gasteiger partial charge in [0.25, 0.3) is 5.91 Å². The predicted molar refractivity (Wildman–Crippen MR) is 104 cm³/mol. The van der Waals surface area contributed by atoms with E-state index in [9.17, 15) is 4.79 Å². The van der Waals surface area contributed by atoms with E-state index in [1.54, 1.807) is 18.2 Å². The number of imidazole rings is 1. The maximum atomic E-state index is 12.7. The molecule has 1 amide bonds. The minimum absolute atomic E-state index is 0.0169. The lowest BCUT2D eigenvalue weighted by atomic mass is 10.2. The first-order valence-electron chi connectivity index (χ1n) is 8.44. The van der Waals surface area contributed by atoms with Gasteiger partial charge in [0.2, 0.25) is 0 Å². The van der Waals surface area contributed by atoms with Crippen molar-refractivity contribution in [1.82, 2.24) is 14.9 Å². The number of likely N-dealkylation sites (tertiary alicyclic amines) is 1.